The van der Waals surface area contributed by atoms with Crippen molar-refractivity contribution in [2.24, 2.45) is 0 Å². The lowest BCUT2D eigenvalue weighted by atomic mass is 10.0. The second kappa shape index (κ2) is 9.99. The first kappa shape index (κ1) is 23.1. The molecule has 0 spiro atoms. The van der Waals surface area contributed by atoms with Crippen molar-refractivity contribution in [2.45, 2.75) is 19.4 Å². The molecule has 0 bridgehead atoms. The van der Waals surface area contributed by atoms with Gasteiger partial charge in [-0.2, -0.15) is 0 Å². The van der Waals surface area contributed by atoms with Crippen molar-refractivity contribution in [3.63, 3.8) is 0 Å². The number of ether oxygens (including phenoxy) is 3. The average Bonchev–Trinajstić information content (AvgIpc) is 3.64. The number of fused-ring (bicyclic) bond motifs is 2. The first-order valence-electron chi connectivity index (χ1n) is 12.0. The Balaban J connectivity index is 1.23. The number of imidazole rings is 1. The highest BCUT2D eigenvalue weighted by Gasteiger charge is 2.17. The molecule has 37 heavy (non-hydrogen) atoms. The molecule has 0 aliphatic heterocycles. The van der Waals surface area contributed by atoms with Crippen LogP contribution in [0.2, 0.25) is 0 Å². The molecule has 0 aliphatic rings. The molecule has 0 saturated heterocycles. The molecule has 0 unspecified atom stereocenters. The number of aromatic nitrogens is 3. The van der Waals surface area contributed by atoms with Gasteiger partial charge in [-0.15, -0.1) is 5.10 Å². The number of benzene rings is 3. The van der Waals surface area contributed by atoms with Gasteiger partial charge in [0.1, 0.15) is 29.4 Å². The third kappa shape index (κ3) is 4.88. The van der Waals surface area contributed by atoms with Crippen LogP contribution in [-0.4, -0.2) is 28.8 Å². The first-order chi connectivity index (χ1) is 18.2. The molecule has 0 saturated carbocycles. The van der Waals surface area contributed by atoms with E-state index in [1.807, 2.05) is 30.5 Å². The summed E-state index contributed by atoms with van der Waals surface area (Å²) in [4.78, 5) is 5.36. The zero-order chi connectivity index (χ0) is 25.2. The van der Waals surface area contributed by atoms with Crippen molar-refractivity contribution in [1.82, 2.24) is 14.6 Å². The van der Waals surface area contributed by atoms with Crippen molar-refractivity contribution >= 4 is 27.3 Å². The van der Waals surface area contributed by atoms with Gasteiger partial charge in [0.05, 0.1) is 25.8 Å². The predicted molar refractivity (Wildman–Crippen MR) is 144 cm³/mol. The molecule has 3 heterocycles. The van der Waals surface area contributed by atoms with Gasteiger partial charge < -0.3 is 18.6 Å². The van der Waals surface area contributed by atoms with Crippen LogP contribution < -0.4 is 14.2 Å². The van der Waals surface area contributed by atoms with Crippen LogP contribution >= 0.6 is 11.3 Å². The Labute approximate surface area is 217 Å². The van der Waals surface area contributed by atoms with Crippen molar-refractivity contribution < 1.29 is 18.6 Å². The van der Waals surface area contributed by atoms with Gasteiger partial charge in [0.25, 0.3) is 5.19 Å². The van der Waals surface area contributed by atoms with Gasteiger partial charge in [-0.05, 0) is 46.9 Å². The number of methoxy groups -OCH3 is 2. The van der Waals surface area contributed by atoms with E-state index in [0.29, 0.717) is 40.3 Å². The fourth-order valence-electron chi connectivity index (χ4n) is 4.30. The summed E-state index contributed by atoms with van der Waals surface area (Å²) in [7, 11) is 3.22. The Hall–Kier alpha value is -4.30. The second-order valence-corrected chi connectivity index (χ2v) is 9.59. The molecular formula is C29H25N3O4S. The highest BCUT2D eigenvalue weighted by Crippen LogP contribution is 2.37. The molecule has 0 aliphatic carbocycles. The molecule has 8 heteroatoms. The Bertz CT molecular complexity index is 1640. The van der Waals surface area contributed by atoms with Gasteiger partial charge in [0, 0.05) is 12.1 Å². The number of rotatable bonds is 9. The molecule has 6 aromatic rings. The van der Waals surface area contributed by atoms with E-state index >= 15 is 0 Å². The summed E-state index contributed by atoms with van der Waals surface area (Å²) in [5.74, 6) is 1.99. The highest BCUT2D eigenvalue weighted by atomic mass is 32.1. The van der Waals surface area contributed by atoms with Gasteiger partial charge in [-0.1, -0.05) is 54.6 Å². The summed E-state index contributed by atoms with van der Waals surface area (Å²) < 4.78 is 24.8. The van der Waals surface area contributed by atoms with E-state index in [1.54, 1.807) is 18.7 Å². The Morgan fingerprint density at radius 2 is 1.68 bits per heavy atom. The third-order valence-corrected chi connectivity index (χ3v) is 7.08. The predicted octanol–water partition coefficient (Wildman–Crippen LogP) is 6.59. The van der Waals surface area contributed by atoms with E-state index in [4.69, 9.17) is 18.6 Å². The Morgan fingerprint density at radius 3 is 2.49 bits per heavy atom. The number of hydrogen-bond acceptors (Lipinski definition) is 7. The van der Waals surface area contributed by atoms with Gasteiger partial charge in [0.15, 0.2) is 5.76 Å². The van der Waals surface area contributed by atoms with Crippen molar-refractivity contribution in [3.8, 4) is 28.1 Å². The lowest BCUT2D eigenvalue weighted by Crippen LogP contribution is -1.98. The van der Waals surface area contributed by atoms with Crippen molar-refractivity contribution in [3.05, 3.63) is 95.7 Å². The van der Waals surface area contributed by atoms with E-state index in [1.165, 1.54) is 22.5 Å². The molecular weight excluding hydrogens is 486 g/mol. The molecule has 6 rings (SSSR count). The Morgan fingerprint density at radius 1 is 0.865 bits per heavy atom. The summed E-state index contributed by atoms with van der Waals surface area (Å²) in [6, 6.07) is 24.8. The van der Waals surface area contributed by atoms with Gasteiger partial charge in [0.2, 0.25) is 4.96 Å². The number of furan rings is 1. The van der Waals surface area contributed by atoms with Gasteiger partial charge in [-0.3, -0.25) is 0 Å². The maximum atomic E-state index is 6.30. The molecule has 0 N–H and O–H groups in total. The zero-order valence-corrected chi connectivity index (χ0v) is 21.3. The summed E-state index contributed by atoms with van der Waals surface area (Å²) in [5.41, 5.74) is 5.10. The monoisotopic (exact) mass is 511 g/mol. The van der Waals surface area contributed by atoms with Crippen LogP contribution in [0.1, 0.15) is 16.7 Å². The minimum atomic E-state index is 0.436. The van der Waals surface area contributed by atoms with Crippen LogP contribution in [-0.2, 0) is 19.4 Å². The van der Waals surface area contributed by atoms with Crippen LogP contribution in [0.15, 0.2) is 83.4 Å². The minimum Gasteiger partial charge on any atom is -0.496 e. The number of hydrogen-bond donors (Lipinski definition) is 0. The first-order valence-corrected chi connectivity index (χ1v) is 12.8. The summed E-state index contributed by atoms with van der Waals surface area (Å²) in [6.45, 7) is 0.436. The molecule has 3 aromatic heterocycles. The number of aryl methyl sites for hydroxylation is 2. The van der Waals surface area contributed by atoms with E-state index < -0.39 is 0 Å². The second-order valence-electron chi connectivity index (χ2n) is 8.67. The third-order valence-electron chi connectivity index (χ3n) is 6.19. The molecule has 186 valence electrons. The van der Waals surface area contributed by atoms with Crippen molar-refractivity contribution in [2.75, 3.05) is 14.2 Å². The summed E-state index contributed by atoms with van der Waals surface area (Å²) in [5, 5.41) is 5.76. The fourth-order valence-corrected chi connectivity index (χ4v) is 5.00. The lowest BCUT2D eigenvalue weighted by molar-refractivity contribution is 0.307. The standard InChI is InChI=1S/C29H25N3O4S/c1-33-22-14-25(35-18-21-10-6-9-20(13-21)12-11-19-7-4-3-5-8-19)23-16-27(36-26(23)15-22)24-17-32-28(30-24)37-29(31-32)34-2/h3-10,13-17H,11-12,18H2,1-2H3. The van der Waals surface area contributed by atoms with E-state index in [-0.39, 0.29) is 0 Å². The van der Waals surface area contributed by atoms with Gasteiger partial charge >= 0.3 is 0 Å². The number of nitrogens with zero attached hydrogens (tertiary/aromatic N) is 3. The molecule has 7 nitrogen and oxygen atoms in total. The van der Waals surface area contributed by atoms with Crippen LogP contribution in [0.25, 0.3) is 27.4 Å². The average molecular weight is 512 g/mol. The molecule has 0 radical (unpaired) electrons. The molecule has 0 amide bonds. The van der Waals surface area contributed by atoms with Crippen molar-refractivity contribution in [1.29, 1.82) is 0 Å². The molecule has 0 fully saturated rings. The SMILES string of the molecule is COc1cc(OCc2cccc(CCc3ccccc3)c2)c2cc(-c3cn4nc(OC)sc4n3)oc2c1. The normalized spacial score (nSPS) is 11.3. The maximum Gasteiger partial charge on any atom is 0.294 e. The lowest BCUT2D eigenvalue weighted by Gasteiger charge is -2.10. The van der Waals surface area contributed by atoms with E-state index in [2.05, 4.69) is 58.6 Å². The quantitative estimate of drug-likeness (QED) is 0.218. The summed E-state index contributed by atoms with van der Waals surface area (Å²) >= 11 is 1.37. The van der Waals surface area contributed by atoms with Gasteiger partial charge in [-0.25, -0.2) is 9.50 Å². The largest absolute Gasteiger partial charge is 0.496 e. The van der Waals surface area contributed by atoms with Crippen LogP contribution in [0, 0.1) is 0 Å². The van der Waals surface area contributed by atoms with E-state index in [9.17, 15) is 0 Å². The smallest absolute Gasteiger partial charge is 0.294 e. The highest BCUT2D eigenvalue weighted by molar-refractivity contribution is 7.18. The van der Waals surface area contributed by atoms with Crippen LogP contribution in [0.4, 0.5) is 0 Å². The topological polar surface area (TPSA) is 71.0 Å². The molecule has 3 aromatic carbocycles. The van der Waals surface area contributed by atoms with Crippen LogP contribution in [0.3, 0.4) is 0 Å². The van der Waals surface area contributed by atoms with Crippen LogP contribution in [0.5, 0.6) is 16.7 Å². The minimum absolute atomic E-state index is 0.436. The van der Waals surface area contributed by atoms with E-state index in [0.717, 1.165) is 28.8 Å². The zero-order valence-electron chi connectivity index (χ0n) is 20.5. The molecule has 0 atom stereocenters. The maximum absolute atomic E-state index is 6.30. The fraction of sp³-hybridized carbons (Fsp3) is 0.172. The summed E-state index contributed by atoms with van der Waals surface area (Å²) in [6.07, 6.45) is 3.81. The Kier molecular flexibility index (Phi) is 6.24.